The van der Waals surface area contributed by atoms with Crippen molar-refractivity contribution in [3.05, 3.63) is 29.3 Å². The lowest BCUT2D eigenvalue weighted by Gasteiger charge is -2.25. The number of hydrogen-bond acceptors (Lipinski definition) is 4. The van der Waals surface area contributed by atoms with Crippen molar-refractivity contribution in [1.29, 1.82) is 0 Å². The summed E-state index contributed by atoms with van der Waals surface area (Å²) in [6.45, 7) is 1.93. The van der Waals surface area contributed by atoms with Gasteiger partial charge in [-0.3, -0.25) is 0 Å². The summed E-state index contributed by atoms with van der Waals surface area (Å²) in [7, 11) is 0. The van der Waals surface area contributed by atoms with E-state index < -0.39 is 0 Å². The van der Waals surface area contributed by atoms with E-state index in [1.54, 1.807) is 12.2 Å². The molecule has 104 valence electrons. The molecule has 0 saturated heterocycles. The quantitative estimate of drug-likeness (QED) is 0.622. The number of aryl methyl sites for hydroxylation is 1. The molecular formula is C16H18N2O2. The van der Waals surface area contributed by atoms with Crippen molar-refractivity contribution in [3.63, 3.8) is 0 Å². The SMILES string of the molecule is Cc1ccc(CC2CCC(N=C=O)CC2)cc1N=C=O. The number of benzene rings is 1. The Morgan fingerprint density at radius 2 is 1.90 bits per heavy atom. The zero-order valence-electron chi connectivity index (χ0n) is 11.6. The van der Waals surface area contributed by atoms with Crippen molar-refractivity contribution in [3.8, 4) is 0 Å². The maximum atomic E-state index is 10.4. The molecule has 0 amide bonds. The molecule has 1 fully saturated rings. The molecule has 0 unspecified atom stereocenters. The summed E-state index contributed by atoms with van der Waals surface area (Å²) >= 11 is 0. The summed E-state index contributed by atoms with van der Waals surface area (Å²) in [4.78, 5) is 28.2. The summed E-state index contributed by atoms with van der Waals surface area (Å²) in [6, 6.07) is 6.22. The summed E-state index contributed by atoms with van der Waals surface area (Å²) < 4.78 is 0. The van der Waals surface area contributed by atoms with E-state index in [1.165, 1.54) is 5.56 Å². The summed E-state index contributed by atoms with van der Waals surface area (Å²) in [5, 5.41) is 0. The Hall–Kier alpha value is -2.02. The molecule has 1 aliphatic rings. The van der Waals surface area contributed by atoms with Crippen LogP contribution in [0.5, 0.6) is 0 Å². The Labute approximate surface area is 118 Å². The second-order valence-electron chi connectivity index (χ2n) is 5.42. The maximum Gasteiger partial charge on any atom is 0.240 e. The van der Waals surface area contributed by atoms with Gasteiger partial charge in [-0.1, -0.05) is 12.1 Å². The molecule has 0 aliphatic heterocycles. The fourth-order valence-electron chi connectivity index (χ4n) is 2.84. The van der Waals surface area contributed by atoms with Crippen molar-refractivity contribution in [2.45, 2.75) is 45.1 Å². The van der Waals surface area contributed by atoms with E-state index in [-0.39, 0.29) is 6.04 Å². The second kappa shape index (κ2) is 6.95. The van der Waals surface area contributed by atoms with Crippen LogP contribution >= 0.6 is 0 Å². The van der Waals surface area contributed by atoms with Crippen LogP contribution < -0.4 is 0 Å². The van der Waals surface area contributed by atoms with Crippen molar-refractivity contribution < 1.29 is 9.59 Å². The second-order valence-corrected chi connectivity index (χ2v) is 5.42. The monoisotopic (exact) mass is 270 g/mol. The highest BCUT2D eigenvalue weighted by Gasteiger charge is 2.21. The minimum Gasteiger partial charge on any atom is -0.211 e. The van der Waals surface area contributed by atoms with E-state index in [0.29, 0.717) is 11.6 Å². The standard InChI is InChI=1S/C16H18N2O2/c1-12-2-3-14(9-16(12)18-11-20)8-13-4-6-15(7-5-13)17-10-19/h2-3,9,13,15H,4-8H2,1H3. The summed E-state index contributed by atoms with van der Waals surface area (Å²) in [6.07, 6.45) is 8.33. The number of isocyanates is 2. The average molecular weight is 270 g/mol. The molecule has 4 heteroatoms. The fraction of sp³-hybridized carbons (Fsp3) is 0.500. The van der Waals surface area contributed by atoms with Crippen LogP contribution in [0.3, 0.4) is 0 Å². The van der Waals surface area contributed by atoms with Crippen LogP contribution in [0.1, 0.15) is 36.8 Å². The third kappa shape index (κ3) is 3.74. The zero-order chi connectivity index (χ0) is 14.4. The predicted octanol–water partition coefficient (Wildman–Crippen LogP) is 3.40. The van der Waals surface area contributed by atoms with Crippen molar-refractivity contribution in [1.82, 2.24) is 0 Å². The van der Waals surface area contributed by atoms with Crippen LogP contribution in [0, 0.1) is 12.8 Å². The van der Waals surface area contributed by atoms with E-state index in [2.05, 4.69) is 16.1 Å². The van der Waals surface area contributed by atoms with Gasteiger partial charge in [0.1, 0.15) is 0 Å². The summed E-state index contributed by atoms with van der Waals surface area (Å²) in [5.74, 6) is 0.615. The summed E-state index contributed by atoms with van der Waals surface area (Å²) in [5.41, 5.74) is 2.89. The first-order valence-corrected chi connectivity index (χ1v) is 6.97. The Morgan fingerprint density at radius 3 is 2.55 bits per heavy atom. The van der Waals surface area contributed by atoms with Crippen molar-refractivity contribution in [2.24, 2.45) is 15.9 Å². The molecule has 20 heavy (non-hydrogen) atoms. The molecule has 1 aromatic rings. The minimum absolute atomic E-state index is 0.164. The highest BCUT2D eigenvalue weighted by atomic mass is 16.1. The van der Waals surface area contributed by atoms with Crippen molar-refractivity contribution in [2.75, 3.05) is 0 Å². The first-order chi connectivity index (χ1) is 9.72. The van der Waals surface area contributed by atoms with Crippen LogP contribution in [0.15, 0.2) is 28.2 Å². The van der Waals surface area contributed by atoms with Crippen LogP contribution in [0.2, 0.25) is 0 Å². The Balaban J connectivity index is 1.99. The molecule has 0 atom stereocenters. The van der Waals surface area contributed by atoms with E-state index in [9.17, 15) is 9.59 Å². The molecule has 0 N–H and O–H groups in total. The van der Waals surface area contributed by atoms with Crippen molar-refractivity contribution >= 4 is 17.8 Å². The van der Waals surface area contributed by atoms with Crippen LogP contribution in [-0.2, 0) is 16.0 Å². The van der Waals surface area contributed by atoms with E-state index >= 15 is 0 Å². The first kappa shape index (κ1) is 14.4. The topological polar surface area (TPSA) is 58.9 Å². The molecule has 0 aromatic heterocycles. The van der Waals surface area contributed by atoms with Gasteiger partial charge in [0.25, 0.3) is 0 Å². The van der Waals surface area contributed by atoms with Gasteiger partial charge >= 0.3 is 0 Å². The number of aliphatic imine (C=N–C) groups is 2. The minimum atomic E-state index is 0.164. The third-order valence-corrected chi connectivity index (χ3v) is 4.02. The van der Waals surface area contributed by atoms with Gasteiger partial charge in [0.05, 0.1) is 11.7 Å². The highest BCUT2D eigenvalue weighted by molar-refractivity contribution is 5.54. The molecule has 1 aliphatic carbocycles. The third-order valence-electron chi connectivity index (χ3n) is 4.02. The lowest BCUT2D eigenvalue weighted by molar-refractivity contribution is 0.325. The Morgan fingerprint density at radius 1 is 1.15 bits per heavy atom. The van der Waals surface area contributed by atoms with E-state index in [0.717, 1.165) is 37.7 Å². The fourth-order valence-corrected chi connectivity index (χ4v) is 2.84. The van der Waals surface area contributed by atoms with Crippen LogP contribution in [-0.4, -0.2) is 18.2 Å². The van der Waals surface area contributed by atoms with Gasteiger partial charge in [-0.15, -0.1) is 0 Å². The van der Waals surface area contributed by atoms with Gasteiger partial charge in [0, 0.05) is 0 Å². The van der Waals surface area contributed by atoms with Gasteiger partial charge in [0.2, 0.25) is 12.2 Å². The molecule has 0 radical (unpaired) electrons. The number of nitrogens with zero attached hydrogens (tertiary/aromatic N) is 2. The smallest absolute Gasteiger partial charge is 0.211 e. The van der Waals surface area contributed by atoms with Crippen LogP contribution in [0.4, 0.5) is 5.69 Å². The highest BCUT2D eigenvalue weighted by Crippen LogP contribution is 2.30. The van der Waals surface area contributed by atoms with E-state index in [4.69, 9.17) is 0 Å². The molecule has 0 spiro atoms. The number of rotatable bonds is 4. The van der Waals surface area contributed by atoms with E-state index in [1.807, 2.05) is 19.1 Å². The van der Waals surface area contributed by atoms with Gasteiger partial charge in [-0.2, -0.15) is 4.99 Å². The normalized spacial score (nSPS) is 21.6. The lowest BCUT2D eigenvalue weighted by Crippen LogP contribution is -2.18. The number of hydrogen-bond donors (Lipinski definition) is 0. The van der Waals surface area contributed by atoms with Gasteiger partial charge in [-0.25, -0.2) is 14.6 Å². The molecule has 0 heterocycles. The van der Waals surface area contributed by atoms with Gasteiger partial charge in [0.15, 0.2) is 0 Å². The van der Waals surface area contributed by atoms with Gasteiger partial charge in [-0.05, 0) is 62.1 Å². The number of carbonyl (C=O) groups excluding carboxylic acids is 2. The maximum absolute atomic E-state index is 10.4. The molecule has 2 rings (SSSR count). The lowest BCUT2D eigenvalue weighted by atomic mass is 9.82. The predicted molar refractivity (Wildman–Crippen MR) is 76.5 cm³/mol. The molecule has 0 bridgehead atoms. The van der Waals surface area contributed by atoms with Crippen LogP contribution in [0.25, 0.3) is 0 Å². The molecule has 1 aromatic carbocycles. The molecule has 1 saturated carbocycles. The largest absolute Gasteiger partial charge is 0.240 e. The first-order valence-electron chi connectivity index (χ1n) is 6.97. The zero-order valence-corrected chi connectivity index (χ0v) is 11.6. The Kier molecular flexibility index (Phi) is 5.00. The average Bonchev–Trinajstić information content (AvgIpc) is 2.45. The molecular weight excluding hydrogens is 252 g/mol. The van der Waals surface area contributed by atoms with Gasteiger partial charge < -0.3 is 0 Å². The Bertz CT molecular complexity index is 562. The molecule has 4 nitrogen and oxygen atoms in total.